The van der Waals surface area contributed by atoms with Crippen molar-refractivity contribution in [2.45, 2.75) is 13.5 Å². The SMILES string of the molecule is CC(CN)Cn1ccc2ccc(O)cc21.O=C(O)/C=C/C(=O)O. The number of phenols is 1. The van der Waals surface area contributed by atoms with Crippen LogP contribution < -0.4 is 5.73 Å². The molecule has 1 aromatic heterocycles. The Kier molecular flexibility index (Phi) is 6.82. The fourth-order valence-electron chi connectivity index (χ4n) is 1.88. The predicted octanol–water partition coefficient (Wildman–Crippen LogP) is 1.65. The van der Waals surface area contributed by atoms with E-state index >= 15 is 0 Å². The number of aliphatic carboxylic acids is 2. The molecule has 0 radical (unpaired) electrons. The van der Waals surface area contributed by atoms with E-state index in [-0.39, 0.29) is 0 Å². The van der Waals surface area contributed by atoms with Gasteiger partial charge in [-0.1, -0.05) is 6.92 Å². The van der Waals surface area contributed by atoms with Gasteiger partial charge in [0.15, 0.2) is 0 Å². The van der Waals surface area contributed by atoms with Crippen LogP contribution >= 0.6 is 0 Å². The van der Waals surface area contributed by atoms with Crippen molar-refractivity contribution in [3.8, 4) is 5.75 Å². The molecular weight excluding hydrogens is 300 g/mol. The van der Waals surface area contributed by atoms with Crippen molar-refractivity contribution >= 4 is 22.8 Å². The van der Waals surface area contributed by atoms with Crippen LogP contribution in [-0.2, 0) is 16.1 Å². The van der Waals surface area contributed by atoms with Gasteiger partial charge in [0.2, 0.25) is 0 Å². The van der Waals surface area contributed by atoms with E-state index < -0.39 is 11.9 Å². The van der Waals surface area contributed by atoms with Crippen LogP contribution in [0.1, 0.15) is 6.92 Å². The molecule has 7 heteroatoms. The second kappa shape index (κ2) is 8.60. The smallest absolute Gasteiger partial charge is 0.328 e. The lowest BCUT2D eigenvalue weighted by molar-refractivity contribution is -0.134. The van der Waals surface area contributed by atoms with Gasteiger partial charge >= 0.3 is 11.9 Å². The maximum Gasteiger partial charge on any atom is 0.328 e. The molecule has 5 N–H and O–H groups in total. The molecule has 2 aromatic rings. The van der Waals surface area contributed by atoms with Gasteiger partial charge in [-0.2, -0.15) is 0 Å². The molecule has 23 heavy (non-hydrogen) atoms. The number of hydrogen-bond acceptors (Lipinski definition) is 4. The topological polar surface area (TPSA) is 126 Å². The molecule has 1 atom stereocenters. The first-order chi connectivity index (χ1) is 10.8. The minimum Gasteiger partial charge on any atom is -0.508 e. The van der Waals surface area contributed by atoms with Gasteiger partial charge in [-0.15, -0.1) is 0 Å². The largest absolute Gasteiger partial charge is 0.508 e. The number of fused-ring (bicyclic) bond motifs is 1. The molecule has 0 saturated heterocycles. The molecule has 1 aromatic carbocycles. The summed E-state index contributed by atoms with van der Waals surface area (Å²) in [4.78, 5) is 19.1. The summed E-state index contributed by atoms with van der Waals surface area (Å²) in [5.41, 5.74) is 6.66. The third-order valence-electron chi connectivity index (χ3n) is 3.04. The number of rotatable bonds is 5. The lowest BCUT2D eigenvalue weighted by Gasteiger charge is -2.10. The summed E-state index contributed by atoms with van der Waals surface area (Å²) < 4.78 is 2.13. The number of carbonyl (C=O) groups is 2. The molecular formula is C16H20N2O5. The van der Waals surface area contributed by atoms with Crippen molar-refractivity contribution in [2.24, 2.45) is 11.7 Å². The molecule has 2 rings (SSSR count). The molecule has 0 aliphatic rings. The summed E-state index contributed by atoms with van der Waals surface area (Å²) in [7, 11) is 0. The van der Waals surface area contributed by atoms with Crippen LogP contribution in [0, 0.1) is 5.92 Å². The van der Waals surface area contributed by atoms with Gasteiger partial charge in [0.1, 0.15) is 5.75 Å². The van der Waals surface area contributed by atoms with Gasteiger partial charge in [-0.05, 0) is 36.0 Å². The fourth-order valence-corrected chi connectivity index (χ4v) is 1.88. The van der Waals surface area contributed by atoms with Gasteiger partial charge in [0.05, 0.1) is 5.52 Å². The highest BCUT2D eigenvalue weighted by molar-refractivity contribution is 5.89. The molecule has 1 heterocycles. The molecule has 0 aliphatic heterocycles. The molecule has 124 valence electrons. The van der Waals surface area contributed by atoms with Crippen molar-refractivity contribution in [3.63, 3.8) is 0 Å². The quantitative estimate of drug-likeness (QED) is 0.621. The van der Waals surface area contributed by atoms with E-state index in [1.165, 1.54) is 0 Å². The van der Waals surface area contributed by atoms with Gasteiger partial charge < -0.3 is 25.6 Å². The monoisotopic (exact) mass is 320 g/mol. The number of phenolic OH excluding ortho intramolecular Hbond substituents is 1. The predicted molar refractivity (Wildman–Crippen MR) is 86.2 cm³/mol. The van der Waals surface area contributed by atoms with Crippen LogP contribution in [-0.4, -0.2) is 38.4 Å². The number of carboxylic acid groups (broad SMARTS) is 2. The Morgan fingerprint density at radius 2 is 1.83 bits per heavy atom. The number of hydrogen-bond donors (Lipinski definition) is 4. The first-order valence-electron chi connectivity index (χ1n) is 6.95. The van der Waals surface area contributed by atoms with Crippen LogP contribution in [0.4, 0.5) is 0 Å². The maximum absolute atomic E-state index is 9.55. The first-order valence-corrected chi connectivity index (χ1v) is 6.95. The van der Waals surface area contributed by atoms with E-state index in [4.69, 9.17) is 15.9 Å². The van der Waals surface area contributed by atoms with Crippen LogP contribution in [0.15, 0.2) is 42.6 Å². The lowest BCUT2D eigenvalue weighted by atomic mass is 10.2. The summed E-state index contributed by atoms with van der Waals surface area (Å²) in [6.07, 6.45) is 3.15. The van der Waals surface area contributed by atoms with Crippen LogP contribution in [0.25, 0.3) is 10.9 Å². The minimum atomic E-state index is -1.26. The summed E-state index contributed by atoms with van der Waals surface area (Å²) in [5.74, 6) is -1.76. The lowest BCUT2D eigenvalue weighted by Crippen LogP contribution is -2.16. The Morgan fingerprint density at radius 3 is 2.35 bits per heavy atom. The molecule has 0 spiro atoms. The van der Waals surface area contributed by atoms with E-state index in [1.807, 2.05) is 12.3 Å². The average Bonchev–Trinajstić information content (AvgIpc) is 2.88. The van der Waals surface area contributed by atoms with Crippen LogP contribution in [0.2, 0.25) is 0 Å². The van der Waals surface area contributed by atoms with Gasteiger partial charge in [-0.3, -0.25) is 0 Å². The summed E-state index contributed by atoms with van der Waals surface area (Å²) in [6, 6.07) is 7.48. The van der Waals surface area contributed by atoms with Crippen LogP contribution in [0.3, 0.4) is 0 Å². The number of benzene rings is 1. The number of nitrogens with two attached hydrogens (primary N) is 1. The summed E-state index contributed by atoms with van der Waals surface area (Å²) in [6.45, 7) is 3.69. The number of nitrogens with zero attached hydrogens (tertiary/aromatic N) is 1. The minimum absolute atomic E-state index is 0.308. The molecule has 0 amide bonds. The second-order valence-corrected chi connectivity index (χ2v) is 5.06. The van der Waals surface area contributed by atoms with Crippen molar-refractivity contribution in [1.82, 2.24) is 4.57 Å². The average molecular weight is 320 g/mol. The molecule has 1 unspecified atom stereocenters. The Hall–Kier alpha value is -2.80. The van der Waals surface area contributed by atoms with Gasteiger partial charge in [0, 0.05) is 31.0 Å². The third-order valence-corrected chi connectivity index (χ3v) is 3.04. The third kappa shape index (κ3) is 6.23. The molecule has 0 aliphatic carbocycles. The molecule has 7 nitrogen and oxygen atoms in total. The van der Waals surface area contributed by atoms with E-state index in [0.717, 1.165) is 17.4 Å². The zero-order chi connectivity index (χ0) is 17.4. The van der Waals surface area contributed by atoms with Crippen molar-refractivity contribution in [2.75, 3.05) is 6.54 Å². The standard InChI is InChI=1S/C12H16N2O.C4H4O4/c1-9(7-13)8-14-5-4-10-2-3-11(15)6-12(10)14;5-3(6)1-2-4(7)8/h2-6,9,15H,7-8,13H2,1H3;1-2H,(H,5,6)(H,7,8)/b;2-1+. The zero-order valence-electron chi connectivity index (χ0n) is 12.7. The highest BCUT2D eigenvalue weighted by Gasteiger charge is 2.05. The first kappa shape index (κ1) is 18.2. The summed E-state index contributed by atoms with van der Waals surface area (Å²) in [5, 5.41) is 26.2. The van der Waals surface area contributed by atoms with Gasteiger partial charge in [0.25, 0.3) is 0 Å². The Bertz CT molecular complexity index is 690. The Labute approximate surface area is 133 Å². The molecule has 0 fully saturated rings. The number of aromatic nitrogens is 1. The van der Waals surface area contributed by atoms with E-state index in [1.54, 1.807) is 12.1 Å². The zero-order valence-corrected chi connectivity index (χ0v) is 12.7. The second-order valence-electron chi connectivity index (χ2n) is 5.06. The van der Waals surface area contributed by atoms with E-state index in [2.05, 4.69) is 17.6 Å². The number of aromatic hydroxyl groups is 1. The van der Waals surface area contributed by atoms with Crippen molar-refractivity contribution in [1.29, 1.82) is 0 Å². The highest BCUT2D eigenvalue weighted by Crippen LogP contribution is 2.21. The van der Waals surface area contributed by atoms with Crippen molar-refractivity contribution < 1.29 is 24.9 Å². The Balaban J connectivity index is 0.000000284. The van der Waals surface area contributed by atoms with Crippen LogP contribution in [0.5, 0.6) is 5.75 Å². The maximum atomic E-state index is 9.55. The normalized spacial score (nSPS) is 11.9. The van der Waals surface area contributed by atoms with E-state index in [0.29, 0.717) is 30.4 Å². The number of carboxylic acids is 2. The molecule has 0 saturated carbocycles. The highest BCUT2D eigenvalue weighted by atomic mass is 16.4. The summed E-state index contributed by atoms with van der Waals surface area (Å²) >= 11 is 0. The van der Waals surface area contributed by atoms with Gasteiger partial charge in [-0.25, -0.2) is 9.59 Å². The Morgan fingerprint density at radius 1 is 1.22 bits per heavy atom. The molecule has 0 bridgehead atoms. The fraction of sp³-hybridized carbons (Fsp3) is 0.250. The van der Waals surface area contributed by atoms with Crippen molar-refractivity contribution in [3.05, 3.63) is 42.6 Å². The van der Waals surface area contributed by atoms with E-state index in [9.17, 15) is 14.7 Å².